The summed E-state index contributed by atoms with van der Waals surface area (Å²) in [5.74, 6) is 0.133. The summed E-state index contributed by atoms with van der Waals surface area (Å²) in [4.78, 5) is 27.0. The van der Waals surface area contributed by atoms with Crippen LogP contribution in [-0.2, 0) is 9.59 Å². The minimum Gasteiger partial charge on any atom is -0.484 e. The van der Waals surface area contributed by atoms with Crippen LogP contribution in [0.25, 0.3) is 6.08 Å². The predicted molar refractivity (Wildman–Crippen MR) is 139 cm³/mol. The zero-order valence-corrected chi connectivity index (χ0v) is 20.0. The van der Waals surface area contributed by atoms with Gasteiger partial charge in [0.2, 0.25) is 0 Å². The van der Waals surface area contributed by atoms with Gasteiger partial charge in [-0.15, -0.1) is 0 Å². The second kappa shape index (κ2) is 10.2. The maximum Gasteiger partial charge on any atom is 0.270 e. The van der Waals surface area contributed by atoms with E-state index in [9.17, 15) is 9.59 Å². The summed E-state index contributed by atoms with van der Waals surface area (Å²) >= 11 is 12.6. The topological polar surface area (TPSA) is 58.6 Å². The van der Waals surface area contributed by atoms with Crippen molar-refractivity contribution in [3.63, 3.8) is 0 Å². The Kier molecular flexibility index (Phi) is 7.13. The van der Waals surface area contributed by atoms with Crippen LogP contribution in [-0.4, -0.2) is 22.7 Å². The van der Waals surface area contributed by atoms with Gasteiger partial charge < -0.3 is 10.1 Å². The molecule has 166 valence electrons. The summed E-state index contributed by atoms with van der Waals surface area (Å²) in [6.45, 7) is 1.88. The molecule has 4 rings (SSSR count). The molecule has 0 saturated carbocycles. The number of hydrogen-bond donors (Lipinski definition) is 1. The maximum atomic E-state index is 12.9. The Morgan fingerprint density at radius 1 is 1.06 bits per heavy atom. The summed E-state index contributed by atoms with van der Waals surface area (Å²) in [5, 5.41) is 3.38. The summed E-state index contributed by atoms with van der Waals surface area (Å²) in [6, 6.07) is 21.7. The Bertz CT molecular complexity index is 1220. The molecular weight excluding hydrogens is 476 g/mol. The van der Waals surface area contributed by atoms with E-state index in [-0.39, 0.29) is 18.4 Å². The number of nitrogens with one attached hydrogen (secondary N) is 1. The average molecular weight is 495 g/mol. The van der Waals surface area contributed by atoms with Crippen molar-refractivity contribution < 1.29 is 14.3 Å². The van der Waals surface area contributed by atoms with Gasteiger partial charge in [0.25, 0.3) is 11.8 Å². The van der Waals surface area contributed by atoms with E-state index in [1.165, 1.54) is 16.7 Å². The summed E-state index contributed by atoms with van der Waals surface area (Å²) in [7, 11) is 0. The second-order valence-electron chi connectivity index (χ2n) is 7.27. The zero-order valence-electron chi connectivity index (χ0n) is 17.6. The third-order valence-electron chi connectivity index (χ3n) is 4.76. The van der Waals surface area contributed by atoms with Crippen molar-refractivity contribution in [1.29, 1.82) is 0 Å². The van der Waals surface area contributed by atoms with Gasteiger partial charge in [-0.1, -0.05) is 65.4 Å². The first-order valence-electron chi connectivity index (χ1n) is 10.0. The Morgan fingerprint density at radius 2 is 1.73 bits per heavy atom. The number of nitrogens with zero attached hydrogens (tertiary/aromatic N) is 1. The molecule has 0 atom stereocenters. The molecular formula is C25H19ClN2O3S2. The predicted octanol–water partition coefficient (Wildman–Crippen LogP) is 6.07. The molecule has 0 spiro atoms. The lowest BCUT2D eigenvalue weighted by Crippen LogP contribution is -2.27. The normalized spacial score (nSPS) is 14.6. The van der Waals surface area contributed by atoms with Crippen molar-refractivity contribution in [1.82, 2.24) is 0 Å². The molecule has 1 fully saturated rings. The minimum absolute atomic E-state index is 0.104. The molecule has 3 aromatic carbocycles. The zero-order chi connectivity index (χ0) is 23.4. The quantitative estimate of drug-likeness (QED) is 0.333. The van der Waals surface area contributed by atoms with E-state index in [4.69, 9.17) is 28.6 Å². The number of ether oxygens (including phenoxy) is 1. The lowest BCUT2D eigenvalue weighted by Gasteiger charge is -2.14. The number of anilines is 2. The smallest absolute Gasteiger partial charge is 0.270 e. The summed E-state index contributed by atoms with van der Waals surface area (Å²) in [5.41, 5.74) is 3.35. The molecule has 5 nitrogen and oxygen atoms in total. The van der Waals surface area contributed by atoms with Gasteiger partial charge in [-0.3, -0.25) is 14.5 Å². The maximum absolute atomic E-state index is 12.9. The van der Waals surface area contributed by atoms with E-state index < -0.39 is 0 Å². The molecule has 1 aliphatic heterocycles. The van der Waals surface area contributed by atoms with Gasteiger partial charge in [-0.05, 0) is 67.1 Å². The van der Waals surface area contributed by atoms with Crippen LogP contribution in [0.15, 0.2) is 77.7 Å². The van der Waals surface area contributed by atoms with Gasteiger partial charge in [-0.25, -0.2) is 0 Å². The molecule has 8 heteroatoms. The van der Waals surface area contributed by atoms with Crippen LogP contribution in [0.4, 0.5) is 11.4 Å². The van der Waals surface area contributed by atoms with Crippen molar-refractivity contribution in [2.45, 2.75) is 6.92 Å². The Hall–Kier alpha value is -3.13. The number of aryl methyl sites for hydroxylation is 1. The van der Waals surface area contributed by atoms with E-state index in [1.54, 1.807) is 42.5 Å². The molecule has 0 aliphatic carbocycles. The fourth-order valence-electron chi connectivity index (χ4n) is 3.07. The molecule has 1 N–H and O–H groups in total. The summed E-state index contributed by atoms with van der Waals surface area (Å²) in [6.07, 6.45) is 1.78. The van der Waals surface area contributed by atoms with E-state index in [0.29, 0.717) is 25.7 Å². The number of amides is 2. The molecule has 0 radical (unpaired) electrons. The average Bonchev–Trinajstić information content (AvgIpc) is 3.08. The number of halogens is 1. The molecule has 1 saturated heterocycles. The number of thioether (sulfide) groups is 1. The van der Waals surface area contributed by atoms with Gasteiger partial charge >= 0.3 is 0 Å². The number of hydrogen-bond acceptors (Lipinski definition) is 5. The molecule has 3 aromatic rings. The standard InChI is InChI=1S/C25H19ClN2O3S2/c1-16-2-8-19(9-3-16)27-23(29)15-31-21-12-4-17(5-13-21)14-22-24(30)28(25(32)33-22)20-10-6-18(26)7-11-20/h2-14H,15H2,1H3,(H,27,29)/b22-14-. The highest BCUT2D eigenvalue weighted by Gasteiger charge is 2.33. The van der Waals surface area contributed by atoms with Crippen LogP contribution in [0.3, 0.4) is 0 Å². The molecule has 0 unspecified atom stereocenters. The van der Waals surface area contributed by atoms with Gasteiger partial charge in [0, 0.05) is 10.7 Å². The van der Waals surface area contributed by atoms with E-state index >= 15 is 0 Å². The number of carbonyl (C=O) groups is 2. The summed E-state index contributed by atoms with van der Waals surface area (Å²) < 4.78 is 6.03. The second-order valence-corrected chi connectivity index (χ2v) is 9.38. The van der Waals surface area contributed by atoms with Gasteiger partial charge in [0.05, 0.1) is 10.6 Å². The molecule has 1 aliphatic rings. The minimum atomic E-state index is -0.242. The number of carbonyl (C=O) groups excluding carboxylic acids is 2. The van der Waals surface area contributed by atoms with Crippen LogP contribution >= 0.6 is 35.6 Å². The fraction of sp³-hybridized carbons (Fsp3) is 0.0800. The highest BCUT2D eigenvalue weighted by atomic mass is 35.5. The van der Waals surface area contributed by atoms with E-state index in [1.807, 2.05) is 43.3 Å². The molecule has 2 amide bonds. The third kappa shape index (κ3) is 5.82. The third-order valence-corrected chi connectivity index (χ3v) is 6.32. The van der Waals surface area contributed by atoms with Crippen LogP contribution in [0.5, 0.6) is 5.75 Å². The largest absolute Gasteiger partial charge is 0.484 e. The van der Waals surface area contributed by atoms with Gasteiger partial charge in [0.15, 0.2) is 10.9 Å². The van der Waals surface area contributed by atoms with Crippen molar-refractivity contribution in [3.05, 3.63) is 93.9 Å². The molecule has 0 aromatic heterocycles. The van der Waals surface area contributed by atoms with Crippen molar-refractivity contribution in [2.24, 2.45) is 0 Å². The number of thiocarbonyl (C=S) groups is 1. The lowest BCUT2D eigenvalue weighted by atomic mass is 10.2. The van der Waals surface area contributed by atoms with Crippen LogP contribution in [0.1, 0.15) is 11.1 Å². The van der Waals surface area contributed by atoms with Crippen LogP contribution < -0.4 is 15.0 Å². The number of benzene rings is 3. The Balaban J connectivity index is 1.36. The van der Waals surface area contributed by atoms with Crippen LogP contribution in [0, 0.1) is 6.92 Å². The fourth-order valence-corrected chi connectivity index (χ4v) is 4.50. The number of rotatable bonds is 6. The van der Waals surface area contributed by atoms with Crippen molar-refractivity contribution in [2.75, 3.05) is 16.8 Å². The van der Waals surface area contributed by atoms with Crippen molar-refractivity contribution >= 4 is 69.2 Å². The molecule has 33 heavy (non-hydrogen) atoms. The Morgan fingerprint density at radius 3 is 2.39 bits per heavy atom. The molecule has 0 bridgehead atoms. The Labute approximate surface area is 206 Å². The first kappa shape index (κ1) is 23.0. The monoisotopic (exact) mass is 494 g/mol. The SMILES string of the molecule is Cc1ccc(NC(=O)COc2ccc(/C=C3\SC(=S)N(c4ccc(Cl)cc4)C3=O)cc2)cc1. The van der Waals surface area contributed by atoms with Crippen LogP contribution in [0.2, 0.25) is 5.02 Å². The van der Waals surface area contributed by atoms with Crippen molar-refractivity contribution in [3.8, 4) is 5.75 Å². The van der Waals surface area contributed by atoms with E-state index in [0.717, 1.165) is 16.8 Å². The molecule has 1 heterocycles. The lowest BCUT2D eigenvalue weighted by molar-refractivity contribution is -0.118. The first-order chi connectivity index (χ1) is 15.9. The van der Waals surface area contributed by atoms with Gasteiger partial charge in [-0.2, -0.15) is 0 Å². The van der Waals surface area contributed by atoms with Gasteiger partial charge in [0.1, 0.15) is 5.75 Å². The highest BCUT2D eigenvalue weighted by molar-refractivity contribution is 8.27. The highest BCUT2D eigenvalue weighted by Crippen LogP contribution is 2.36. The first-order valence-corrected chi connectivity index (χ1v) is 11.6. The van der Waals surface area contributed by atoms with E-state index in [2.05, 4.69) is 5.32 Å².